The fourth-order valence-corrected chi connectivity index (χ4v) is 3.17. The van der Waals surface area contributed by atoms with Crippen molar-refractivity contribution in [1.29, 1.82) is 0 Å². The number of nitrogens with zero attached hydrogens (tertiary/aromatic N) is 2. The first kappa shape index (κ1) is 16.0. The molecule has 0 unspecified atom stereocenters. The number of hydrogen-bond donors (Lipinski definition) is 2. The van der Waals surface area contributed by atoms with Crippen LogP contribution in [0.15, 0.2) is 22.5 Å². The molecule has 0 fully saturated rings. The minimum absolute atomic E-state index is 0.107. The van der Waals surface area contributed by atoms with Crippen LogP contribution < -0.4 is 10.6 Å². The zero-order chi connectivity index (χ0) is 15.2. The highest BCUT2D eigenvalue weighted by molar-refractivity contribution is 8.01. The molecule has 0 saturated heterocycles. The quantitative estimate of drug-likeness (QED) is 0.784. The molecule has 9 heteroatoms. The highest BCUT2D eigenvalue weighted by Crippen LogP contribution is 2.25. The number of halogens is 2. The third kappa shape index (κ3) is 4.83. The maximum absolute atomic E-state index is 13.5. The highest BCUT2D eigenvalue weighted by atomic mass is 35.5. The Morgan fingerprint density at radius 1 is 1.48 bits per heavy atom. The van der Waals surface area contributed by atoms with Gasteiger partial charge in [0.15, 0.2) is 4.34 Å². The van der Waals surface area contributed by atoms with Gasteiger partial charge in [-0.3, -0.25) is 4.79 Å². The number of rotatable bonds is 6. The van der Waals surface area contributed by atoms with Gasteiger partial charge in [0.25, 0.3) is 0 Å². The SMILES string of the molecule is CCNc1nnc(SCC(=O)Nc2ccc(Cl)cc2F)s1. The van der Waals surface area contributed by atoms with Gasteiger partial charge in [0.1, 0.15) is 5.82 Å². The molecule has 2 rings (SSSR count). The largest absolute Gasteiger partial charge is 0.360 e. The summed E-state index contributed by atoms with van der Waals surface area (Å²) in [5.74, 6) is -0.754. The van der Waals surface area contributed by atoms with Crippen LogP contribution >= 0.6 is 34.7 Å². The van der Waals surface area contributed by atoms with E-state index in [9.17, 15) is 9.18 Å². The topological polar surface area (TPSA) is 66.9 Å². The van der Waals surface area contributed by atoms with Crippen LogP contribution in [0.2, 0.25) is 5.02 Å². The summed E-state index contributed by atoms with van der Waals surface area (Å²) in [5, 5.41) is 14.4. The van der Waals surface area contributed by atoms with Gasteiger partial charge in [-0.1, -0.05) is 34.7 Å². The predicted octanol–water partition coefficient (Wildman–Crippen LogP) is 3.49. The number of carbonyl (C=O) groups is 1. The van der Waals surface area contributed by atoms with E-state index in [1.165, 1.54) is 35.2 Å². The van der Waals surface area contributed by atoms with Crippen molar-refractivity contribution in [1.82, 2.24) is 10.2 Å². The number of amides is 1. The second-order valence-electron chi connectivity index (χ2n) is 3.86. The van der Waals surface area contributed by atoms with Gasteiger partial charge in [-0.2, -0.15) is 0 Å². The Morgan fingerprint density at radius 2 is 2.29 bits per heavy atom. The van der Waals surface area contributed by atoms with E-state index in [1.807, 2.05) is 6.92 Å². The molecule has 2 aromatic rings. The summed E-state index contributed by atoms with van der Waals surface area (Å²) in [4.78, 5) is 11.8. The van der Waals surface area contributed by atoms with Gasteiger partial charge >= 0.3 is 0 Å². The Bertz CT molecular complexity index is 637. The van der Waals surface area contributed by atoms with Crippen molar-refractivity contribution in [2.45, 2.75) is 11.3 Å². The maximum atomic E-state index is 13.5. The lowest BCUT2D eigenvalue weighted by atomic mass is 10.3. The van der Waals surface area contributed by atoms with Crippen molar-refractivity contribution in [3.05, 3.63) is 29.0 Å². The molecule has 0 aliphatic heterocycles. The standard InChI is InChI=1S/C12H12ClFN4OS2/c1-2-15-11-17-18-12(21-11)20-6-10(19)16-9-4-3-7(13)5-8(9)14/h3-5H,2,6H2,1H3,(H,15,17)(H,16,19). The Morgan fingerprint density at radius 3 is 3.00 bits per heavy atom. The Kier molecular flexibility index (Phi) is 5.77. The van der Waals surface area contributed by atoms with E-state index in [0.717, 1.165) is 12.6 Å². The fraction of sp³-hybridized carbons (Fsp3) is 0.250. The van der Waals surface area contributed by atoms with Gasteiger partial charge in [-0.25, -0.2) is 4.39 Å². The van der Waals surface area contributed by atoms with Crippen LogP contribution in [0.25, 0.3) is 0 Å². The van der Waals surface area contributed by atoms with E-state index >= 15 is 0 Å². The molecule has 2 N–H and O–H groups in total. The molecule has 0 saturated carbocycles. The lowest BCUT2D eigenvalue weighted by molar-refractivity contribution is -0.113. The number of hydrogen-bond acceptors (Lipinski definition) is 6. The summed E-state index contributed by atoms with van der Waals surface area (Å²) in [6.07, 6.45) is 0. The molecular weight excluding hydrogens is 335 g/mol. The molecule has 0 radical (unpaired) electrons. The molecule has 0 aliphatic rings. The van der Waals surface area contributed by atoms with Gasteiger partial charge in [0.05, 0.1) is 11.4 Å². The number of aromatic nitrogens is 2. The molecule has 21 heavy (non-hydrogen) atoms. The summed E-state index contributed by atoms with van der Waals surface area (Å²) in [5.41, 5.74) is 0.107. The normalized spacial score (nSPS) is 10.4. The zero-order valence-corrected chi connectivity index (χ0v) is 13.4. The average molecular weight is 347 g/mol. The molecule has 1 aromatic heterocycles. The van der Waals surface area contributed by atoms with E-state index in [4.69, 9.17) is 11.6 Å². The predicted molar refractivity (Wildman–Crippen MR) is 84.8 cm³/mol. The van der Waals surface area contributed by atoms with Crippen molar-refractivity contribution >= 4 is 51.4 Å². The summed E-state index contributed by atoms with van der Waals surface area (Å²) in [7, 11) is 0. The van der Waals surface area contributed by atoms with Crippen LogP contribution in [-0.2, 0) is 4.79 Å². The van der Waals surface area contributed by atoms with Crippen LogP contribution in [0.3, 0.4) is 0 Å². The Hall–Kier alpha value is -1.38. The van der Waals surface area contributed by atoms with E-state index < -0.39 is 5.82 Å². The van der Waals surface area contributed by atoms with Crippen LogP contribution in [0, 0.1) is 5.82 Å². The first-order chi connectivity index (χ1) is 10.1. The zero-order valence-electron chi connectivity index (χ0n) is 11.0. The first-order valence-electron chi connectivity index (χ1n) is 6.03. The number of carbonyl (C=O) groups excluding carboxylic acids is 1. The molecule has 1 aromatic carbocycles. The average Bonchev–Trinajstić information content (AvgIpc) is 2.88. The second-order valence-corrected chi connectivity index (χ2v) is 6.50. The van der Waals surface area contributed by atoms with Gasteiger partial charge in [0.2, 0.25) is 11.0 Å². The van der Waals surface area contributed by atoms with Gasteiger partial charge in [-0.15, -0.1) is 10.2 Å². The maximum Gasteiger partial charge on any atom is 0.234 e. The Balaban J connectivity index is 1.86. The summed E-state index contributed by atoms with van der Waals surface area (Å²) in [6, 6.07) is 4.09. The monoisotopic (exact) mass is 346 g/mol. The van der Waals surface area contributed by atoms with E-state index in [-0.39, 0.29) is 22.4 Å². The highest BCUT2D eigenvalue weighted by Gasteiger charge is 2.10. The molecule has 1 heterocycles. The third-order valence-corrected chi connectivity index (χ3v) is 4.52. The third-order valence-electron chi connectivity index (χ3n) is 2.27. The van der Waals surface area contributed by atoms with E-state index in [2.05, 4.69) is 20.8 Å². The van der Waals surface area contributed by atoms with Gasteiger partial charge in [0, 0.05) is 11.6 Å². The Labute approximate surface area is 134 Å². The van der Waals surface area contributed by atoms with Crippen LogP contribution in [0.1, 0.15) is 6.92 Å². The first-order valence-corrected chi connectivity index (χ1v) is 8.21. The van der Waals surface area contributed by atoms with Crippen LogP contribution in [-0.4, -0.2) is 28.4 Å². The van der Waals surface area contributed by atoms with Gasteiger partial charge in [-0.05, 0) is 25.1 Å². The smallest absolute Gasteiger partial charge is 0.234 e. The molecule has 112 valence electrons. The van der Waals surface area contributed by atoms with Crippen molar-refractivity contribution < 1.29 is 9.18 Å². The molecule has 5 nitrogen and oxygen atoms in total. The molecule has 0 atom stereocenters. The number of benzene rings is 1. The summed E-state index contributed by atoms with van der Waals surface area (Å²) < 4.78 is 14.2. The van der Waals surface area contributed by atoms with Gasteiger partial charge < -0.3 is 10.6 Å². The molecular formula is C12H12ClFN4OS2. The molecule has 1 amide bonds. The number of anilines is 2. The molecule has 0 spiro atoms. The van der Waals surface area contributed by atoms with Crippen LogP contribution in [0.4, 0.5) is 15.2 Å². The van der Waals surface area contributed by atoms with Crippen LogP contribution in [0.5, 0.6) is 0 Å². The van der Waals surface area contributed by atoms with Crippen molar-refractivity contribution in [2.24, 2.45) is 0 Å². The molecule has 0 aliphatic carbocycles. The van der Waals surface area contributed by atoms with E-state index in [1.54, 1.807) is 0 Å². The second kappa shape index (κ2) is 7.58. The minimum Gasteiger partial charge on any atom is -0.360 e. The minimum atomic E-state index is -0.564. The number of thioether (sulfide) groups is 1. The lowest BCUT2D eigenvalue weighted by Gasteiger charge is -2.05. The van der Waals surface area contributed by atoms with Crippen molar-refractivity contribution in [3.8, 4) is 0 Å². The van der Waals surface area contributed by atoms with Crippen molar-refractivity contribution in [2.75, 3.05) is 22.9 Å². The summed E-state index contributed by atoms with van der Waals surface area (Å²) >= 11 is 8.26. The number of nitrogens with one attached hydrogen (secondary N) is 2. The van der Waals surface area contributed by atoms with E-state index in [0.29, 0.717) is 9.47 Å². The van der Waals surface area contributed by atoms with Crippen molar-refractivity contribution in [3.63, 3.8) is 0 Å². The summed E-state index contributed by atoms with van der Waals surface area (Å²) in [6.45, 7) is 2.72. The molecule has 0 bridgehead atoms. The fourth-order valence-electron chi connectivity index (χ4n) is 1.40. The lowest BCUT2D eigenvalue weighted by Crippen LogP contribution is -2.14.